The van der Waals surface area contributed by atoms with Gasteiger partial charge in [-0.3, -0.25) is 9.89 Å². The van der Waals surface area contributed by atoms with Gasteiger partial charge in [0.25, 0.3) is 0 Å². The van der Waals surface area contributed by atoms with E-state index in [1.165, 1.54) is 0 Å². The van der Waals surface area contributed by atoms with Crippen LogP contribution in [0.4, 0.5) is 11.6 Å². The first-order valence-corrected chi connectivity index (χ1v) is 10.7. The van der Waals surface area contributed by atoms with E-state index in [0.29, 0.717) is 11.5 Å². The largest absolute Gasteiger partial charge is 0.493 e. The zero-order valence-electron chi connectivity index (χ0n) is 19.1. The first-order valence-electron chi connectivity index (χ1n) is 10.7. The van der Waals surface area contributed by atoms with E-state index >= 15 is 0 Å². The average molecular weight is 555 g/mol. The first kappa shape index (κ1) is 25.9. The second kappa shape index (κ2) is 13.9. The normalized spacial score (nSPS) is 14.5. The molecule has 1 aromatic carbocycles. The fourth-order valence-electron chi connectivity index (χ4n) is 3.47. The van der Waals surface area contributed by atoms with Crippen LogP contribution in [-0.2, 0) is 0 Å². The van der Waals surface area contributed by atoms with Crippen LogP contribution in [0, 0.1) is 0 Å². The molecule has 0 amide bonds. The SMILES string of the molecule is CCNC(=NCCCN1CCN(c2ncccn2)CC1)Nc1ccc(OC)c(OC)c1.I. The highest BCUT2D eigenvalue weighted by molar-refractivity contribution is 14.0. The predicted octanol–water partition coefficient (Wildman–Crippen LogP) is 2.70. The highest BCUT2D eigenvalue weighted by Gasteiger charge is 2.18. The van der Waals surface area contributed by atoms with Gasteiger partial charge in [0.15, 0.2) is 17.5 Å². The van der Waals surface area contributed by atoms with Gasteiger partial charge in [0.05, 0.1) is 14.2 Å². The lowest BCUT2D eigenvalue weighted by atomic mass is 10.2. The highest BCUT2D eigenvalue weighted by Crippen LogP contribution is 2.29. The lowest BCUT2D eigenvalue weighted by Crippen LogP contribution is -2.47. The smallest absolute Gasteiger partial charge is 0.225 e. The molecule has 9 nitrogen and oxygen atoms in total. The van der Waals surface area contributed by atoms with E-state index in [9.17, 15) is 0 Å². The molecule has 176 valence electrons. The van der Waals surface area contributed by atoms with Gasteiger partial charge in [0, 0.05) is 70.0 Å². The van der Waals surface area contributed by atoms with Gasteiger partial charge < -0.3 is 25.0 Å². The molecule has 0 bridgehead atoms. The standard InChI is InChI=1S/C22H33N7O2.HI/c1-4-23-21(27-18-7-8-19(30-2)20(17-18)31-3)24-11-6-12-28-13-15-29(16-14-28)22-25-9-5-10-26-22;/h5,7-10,17H,4,6,11-16H2,1-3H3,(H2,23,24,27);1H. The molecule has 1 aliphatic heterocycles. The van der Waals surface area contributed by atoms with Gasteiger partial charge in [-0.25, -0.2) is 9.97 Å². The van der Waals surface area contributed by atoms with Crippen molar-refractivity contribution in [3.63, 3.8) is 0 Å². The number of hydrogen-bond acceptors (Lipinski definition) is 7. The van der Waals surface area contributed by atoms with Gasteiger partial charge in [-0.05, 0) is 31.5 Å². The Morgan fingerprint density at radius 3 is 2.44 bits per heavy atom. The summed E-state index contributed by atoms with van der Waals surface area (Å²) >= 11 is 0. The molecule has 1 aromatic heterocycles. The van der Waals surface area contributed by atoms with Crippen molar-refractivity contribution < 1.29 is 9.47 Å². The van der Waals surface area contributed by atoms with Gasteiger partial charge in [-0.1, -0.05) is 0 Å². The number of nitrogens with one attached hydrogen (secondary N) is 2. The zero-order chi connectivity index (χ0) is 21.9. The lowest BCUT2D eigenvalue weighted by molar-refractivity contribution is 0.255. The van der Waals surface area contributed by atoms with E-state index in [-0.39, 0.29) is 24.0 Å². The molecule has 1 fully saturated rings. The number of ether oxygens (including phenoxy) is 2. The van der Waals surface area contributed by atoms with E-state index in [4.69, 9.17) is 14.5 Å². The van der Waals surface area contributed by atoms with Crippen LogP contribution < -0.4 is 25.0 Å². The Morgan fingerprint density at radius 1 is 1.06 bits per heavy atom. The molecule has 0 unspecified atom stereocenters. The van der Waals surface area contributed by atoms with Gasteiger partial charge in [0.1, 0.15) is 0 Å². The monoisotopic (exact) mass is 555 g/mol. The molecule has 3 rings (SSSR count). The predicted molar refractivity (Wildman–Crippen MR) is 140 cm³/mol. The molecule has 0 spiro atoms. The van der Waals surface area contributed by atoms with Crippen LogP contribution in [0.25, 0.3) is 0 Å². The number of anilines is 2. The number of aromatic nitrogens is 2. The van der Waals surface area contributed by atoms with E-state index < -0.39 is 0 Å². The third-order valence-electron chi connectivity index (χ3n) is 5.10. The fourth-order valence-corrected chi connectivity index (χ4v) is 3.47. The molecule has 0 aliphatic carbocycles. The van der Waals surface area contributed by atoms with Crippen LogP contribution in [0.1, 0.15) is 13.3 Å². The molecule has 0 radical (unpaired) electrons. The highest BCUT2D eigenvalue weighted by atomic mass is 127. The van der Waals surface area contributed by atoms with Crippen LogP contribution >= 0.6 is 24.0 Å². The topological polar surface area (TPSA) is 87.1 Å². The summed E-state index contributed by atoms with van der Waals surface area (Å²) in [5.74, 6) is 2.97. The minimum Gasteiger partial charge on any atom is -0.493 e. The van der Waals surface area contributed by atoms with Crippen molar-refractivity contribution in [1.29, 1.82) is 0 Å². The summed E-state index contributed by atoms with van der Waals surface area (Å²) in [7, 11) is 3.26. The van der Waals surface area contributed by atoms with E-state index in [2.05, 4.69) is 37.3 Å². The Balaban J connectivity index is 0.00000363. The summed E-state index contributed by atoms with van der Waals surface area (Å²) < 4.78 is 10.7. The molecule has 0 saturated carbocycles. The number of guanidine groups is 1. The van der Waals surface area contributed by atoms with Crippen molar-refractivity contribution in [2.24, 2.45) is 4.99 Å². The van der Waals surface area contributed by atoms with E-state index in [1.54, 1.807) is 26.6 Å². The molecule has 1 aliphatic rings. The maximum absolute atomic E-state index is 5.38. The molecule has 0 atom stereocenters. The van der Waals surface area contributed by atoms with Crippen molar-refractivity contribution in [1.82, 2.24) is 20.2 Å². The summed E-state index contributed by atoms with van der Waals surface area (Å²) in [5.41, 5.74) is 0.900. The number of hydrogen-bond donors (Lipinski definition) is 2. The first-order chi connectivity index (χ1) is 15.2. The summed E-state index contributed by atoms with van der Waals surface area (Å²) in [6, 6.07) is 7.58. The number of benzene rings is 1. The summed E-state index contributed by atoms with van der Waals surface area (Å²) in [6.45, 7) is 8.59. The molecule has 10 heteroatoms. The quantitative estimate of drug-likeness (QED) is 0.212. The van der Waals surface area contributed by atoms with Crippen molar-refractivity contribution in [3.8, 4) is 11.5 Å². The number of piperazine rings is 1. The number of halogens is 1. The zero-order valence-corrected chi connectivity index (χ0v) is 21.4. The van der Waals surface area contributed by atoms with Gasteiger partial charge in [0.2, 0.25) is 5.95 Å². The third kappa shape index (κ3) is 7.66. The van der Waals surface area contributed by atoms with Crippen LogP contribution in [0.5, 0.6) is 11.5 Å². The molecule has 2 N–H and O–H groups in total. The summed E-state index contributed by atoms with van der Waals surface area (Å²) in [4.78, 5) is 18.1. The van der Waals surface area contributed by atoms with Crippen molar-refractivity contribution in [3.05, 3.63) is 36.7 Å². The Labute approximate surface area is 207 Å². The number of aliphatic imine (C=N–C) groups is 1. The average Bonchev–Trinajstić information content (AvgIpc) is 2.82. The maximum Gasteiger partial charge on any atom is 0.225 e. The number of methoxy groups -OCH3 is 2. The molecule has 32 heavy (non-hydrogen) atoms. The van der Waals surface area contributed by atoms with Gasteiger partial charge >= 0.3 is 0 Å². The summed E-state index contributed by atoms with van der Waals surface area (Å²) in [6.07, 6.45) is 4.60. The number of nitrogens with zero attached hydrogens (tertiary/aromatic N) is 5. The van der Waals surface area contributed by atoms with E-state index in [0.717, 1.165) is 69.8 Å². The summed E-state index contributed by atoms with van der Waals surface area (Å²) in [5, 5.41) is 6.63. The van der Waals surface area contributed by atoms with E-state index in [1.807, 2.05) is 24.3 Å². The molecule has 1 saturated heterocycles. The Hall–Kier alpha value is -2.34. The van der Waals surface area contributed by atoms with Crippen LogP contribution in [0.3, 0.4) is 0 Å². The molecular formula is C22H34IN7O2. The Kier molecular flexibility index (Phi) is 11.3. The van der Waals surface area contributed by atoms with Crippen molar-refractivity contribution >= 4 is 41.6 Å². The van der Waals surface area contributed by atoms with Crippen LogP contribution in [-0.4, -0.2) is 80.9 Å². The molecular weight excluding hydrogens is 521 g/mol. The van der Waals surface area contributed by atoms with Crippen LogP contribution in [0.2, 0.25) is 0 Å². The Morgan fingerprint density at radius 2 is 1.78 bits per heavy atom. The fraction of sp³-hybridized carbons (Fsp3) is 0.500. The minimum absolute atomic E-state index is 0. The third-order valence-corrected chi connectivity index (χ3v) is 5.10. The molecule has 2 aromatic rings. The maximum atomic E-state index is 5.38. The molecule has 2 heterocycles. The van der Waals surface area contributed by atoms with Gasteiger partial charge in [-0.2, -0.15) is 0 Å². The second-order valence-electron chi connectivity index (χ2n) is 7.19. The second-order valence-corrected chi connectivity index (χ2v) is 7.19. The van der Waals surface area contributed by atoms with Gasteiger partial charge in [-0.15, -0.1) is 24.0 Å². The minimum atomic E-state index is 0. The lowest BCUT2D eigenvalue weighted by Gasteiger charge is -2.34. The number of rotatable bonds is 9. The van der Waals surface area contributed by atoms with Crippen LogP contribution in [0.15, 0.2) is 41.7 Å². The van der Waals surface area contributed by atoms with Crippen molar-refractivity contribution in [2.45, 2.75) is 13.3 Å². The van der Waals surface area contributed by atoms with Crippen molar-refractivity contribution in [2.75, 3.05) is 70.2 Å². The Bertz CT molecular complexity index is 830.